The molecule has 10 heteroatoms. The molecule has 0 bridgehead atoms. The highest BCUT2D eigenvalue weighted by Gasteiger charge is 2.19. The Labute approximate surface area is 178 Å². The van der Waals surface area contributed by atoms with Gasteiger partial charge in [-0.3, -0.25) is 9.48 Å². The molecule has 1 fully saturated rings. The molecule has 0 aliphatic carbocycles. The fraction of sp³-hybridized carbons (Fsp3) is 0.333. The lowest BCUT2D eigenvalue weighted by Gasteiger charge is -2.28. The average molecular weight is 417 g/mol. The largest absolute Gasteiger partial charge is 0.366 e. The van der Waals surface area contributed by atoms with Crippen LogP contribution in [0.4, 0.5) is 0 Å². The molecule has 0 unspecified atom stereocenters. The van der Waals surface area contributed by atoms with Crippen LogP contribution in [-0.4, -0.2) is 65.7 Å². The molecule has 3 aromatic heterocycles. The summed E-state index contributed by atoms with van der Waals surface area (Å²) in [5, 5.41) is 12.9. The molecule has 0 radical (unpaired) electrons. The lowest BCUT2D eigenvalue weighted by Crippen LogP contribution is -2.31. The van der Waals surface area contributed by atoms with Gasteiger partial charge < -0.3 is 10.6 Å². The molecule has 1 aliphatic heterocycles. The normalized spacial score (nSPS) is 15.5. The van der Waals surface area contributed by atoms with E-state index in [1.807, 2.05) is 6.20 Å². The van der Waals surface area contributed by atoms with Crippen molar-refractivity contribution < 1.29 is 4.79 Å². The molecular weight excluding hydrogens is 394 g/mol. The van der Waals surface area contributed by atoms with Crippen molar-refractivity contribution in [3.05, 3.63) is 59.8 Å². The Morgan fingerprint density at radius 1 is 1.16 bits per heavy atom. The van der Waals surface area contributed by atoms with Crippen molar-refractivity contribution in [1.82, 2.24) is 39.6 Å². The van der Waals surface area contributed by atoms with E-state index in [1.54, 1.807) is 35.1 Å². The van der Waals surface area contributed by atoms with Gasteiger partial charge in [0.05, 0.1) is 24.1 Å². The van der Waals surface area contributed by atoms with Crippen molar-refractivity contribution in [3.63, 3.8) is 0 Å². The summed E-state index contributed by atoms with van der Waals surface area (Å²) in [6.07, 6.45) is 8.47. The minimum Gasteiger partial charge on any atom is -0.366 e. The van der Waals surface area contributed by atoms with Gasteiger partial charge in [-0.1, -0.05) is 5.21 Å². The average Bonchev–Trinajstić information content (AvgIpc) is 3.41. The molecule has 1 saturated heterocycles. The molecule has 0 saturated carbocycles. The summed E-state index contributed by atoms with van der Waals surface area (Å²) in [5.74, 6) is 0.202. The number of carbonyl (C=O) groups excluding carboxylic acids is 1. The molecule has 0 atom stereocenters. The van der Waals surface area contributed by atoms with E-state index < -0.39 is 5.91 Å². The van der Waals surface area contributed by atoms with Gasteiger partial charge in [-0.25, -0.2) is 9.97 Å². The summed E-state index contributed by atoms with van der Waals surface area (Å²) < 4.78 is 3.71. The molecule has 10 nitrogen and oxygen atoms in total. The van der Waals surface area contributed by atoms with Gasteiger partial charge in [-0.15, -0.1) is 5.10 Å². The van der Waals surface area contributed by atoms with Crippen LogP contribution in [0.1, 0.15) is 40.6 Å². The molecule has 1 aliphatic rings. The van der Waals surface area contributed by atoms with Crippen LogP contribution in [-0.2, 0) is 6.42 Å². The Morgan fingerprint density at radius 3 is 2.68 bits per heavy atom. The Hall–Kier alpha value is -3.66. The van der Waals surface area contributed by atoms with Gasteiger partial charge in [0.25, 0.3) is 0 Å². The van der Waals surface area contributed by atoms with Crippen molar-refractivity contribution in [1.29, 1.82) is 0 Å². The third-order valence-corrected chi connectivity index (χ3v) is 5.72. The van der Waals surface area contributed by atoms with E-state index in [1.165, 1.54) is 0 Å². The zero-order valence-electron chi connectivity index (χ0n) is 17.2. The first-order valence-corrected chi connectivity index (χ1v) is 10.3. The van der Waals surface area contributed by atoms with Gasteiger partial charge in [0, 0.05) is 18.2 Å². The van der Waals surface area contributed by atoms with E-state index in [-0.39, 0.29) is 0 Å². The molecule has 1 amide bonds. The molecule has 1 aromatic carbocycles. The van der Waals surface area contributed by atoms with E-state index in [4.69, 9.17) is 5.73 Å². The van der Waals surface area contributed by atoms with Gasteiger partial charge in [0.1, 0.15) is 5.82 Å². The predicted molar refractivity (Wildman–Crippen MR) is 114 cm³/mol. The van der Waals surface area contributed by atoms with Crippen LogP contribution < -0.4 is 5.73 Å². The highest BCUT2D eigenvalue weighted by molar-refractivity contribution is 5.92. The smallest absolute Gasteiger partial charge is 0.248 e. The van der Waals surface area contributed by atoms with Gasteiger partial charge >= 0.3 is 0 Å². The van der Waals surface area contributed by atoms with Crippen molar-refractivity contribution in [3.8, 4) is 5.69 Å². The summed E-state index contributed by atoms with van der Waals surface area (Å²) in [6, 6.07) is 7.29. The third kappa shape index (κ3) is 3.89. The second-order valence-electron chi connectivity index (χ2n) is 7.95. The Morgan fingerprint density at radius 2 is 1.94 bits per heavy atom. The number of nitrogens with zero attached hydrogens (tertiary/aromatic N) is 8. The highest BCUT2D eigenvalue weighted by Crippen LogP contribution is 2.22. The fourth-order valence-electron chi connectivity index (χ4n) is 3.90. The maximum Gasteiger partial charge on any atom is 0.248 e. The molecule has 158 valence electrons. The van der Waals surface area contributed by atoms with Crippen LogP contribution in [0.2, 0.25) is 0 Å². The summed E-state index contributed by atoms with van der Waals surface area (Å²) in [6.45, 7) is 2.19. The number of hydrogen-bond donors (Lipinski definition) is 1. The predicted octanol–water partition coefficient (Wildman–Crippen LogP) is 1.36. The van der Waals surface area contributed by atoms with Crippen LogP contribution in [0.15, 0.2) is 42.9 Å². The quantitative estimate of drug-likeness (QED) is 0.520. The molecule has 0 spiro atoms. The van der Waals surface area contributed by atoms with E-state index in [9.17, 15) is 4.79 Å². The first-order chi connectivity index (χ1) is 15.1. The Kier molecular flexibility index (Phi) is 4.91. The number of rotatable bonds is 5. The molecule has 4 aromatic rings. The molecule has 31 heavy (non-hydrogen) atoms. The summed E-state index contributed by atoms with van der Waals surface area (Å²) in [7, 11) is 2.16. The number of benzene rings is 1. The number of primary amides is 1. The number of nitrogens with two attached hydrogens (primary N) is 1. The standard InChI is InChI=1S/C21H23N9O/c1-28-8-6-16(7-9-28)29-13-14(11-24-29)10-19-23-12-18-21(25-19)30(27-26-18)17-4-2-15(3-5-17)20(22)31/h2-5,11-13,16H,6-10H2,1H3,(H2,22,31). The number of carbonyl (C=O) groups is 1. The molecular formula is C21H23N9O. The van der Waals surface area contributed by atoms with Crippen molar-refractivity contribution in [2.45, 2.75) is 25.3 Å². The maximum atomic E-state index is 11.3. The zero-order valence-corrected chi connectivity index (χ0v) is 17.2. The van der Waals surface area contributed by atoms with Crippen molar-refractivity contribution >= 4 is 17.1 Å². The van der Waals surface area contributed by atoms with Gasteiger partial charge in [0.15, 0.2) is 11.2 Å². The van der Waals surface area contributed by atoms with E-state index in [0.29, 0.717) is 35.0 Å². The Balaban J connectivity index is 1.38. The van der Waals surface area contributed by atoms with Crippen LogP contribution in [0.25, 0.3) is 16.9 Å². The first kappa shape index (κ1) is 19.3. The number of amides is 1. The summed E-state index contributed by atoms with van der Waals surface area (Å²) in [5.41, 5.74) is 8.78. The van der Waals surface area contributed by atoms with Crippen LogP contribution in [0.5, 0.6) is 0 Å². The topological polar surface area (TPSA) is 121 Å². The lowest BCUT2D eigenvalue weighted by atomic mass is 10.1. The van der Waals surface area contributed by atoms with E-state index in [0.717, 1.165) is 37.2 Å². The maximum absolute atomic E-state index is 11.3. The summed E-state index contributed by atoms with van der Waals surface area (Å²) >= 11 is 0. The molecule has 4 heterocycles. The fourth-order valence-corrected chi connectivity index (χ4v) is 3.90. The molecule has 5 rings (SSSR count). The number of piperidine rings is 1. The minimum absolute atomic E-state index is 0.435. The van der Waals surface area contributed by atoms with Crippen molar-refractivity contribution in [2.24, 2.45) is 5.73 Å². The lowest BCUT2D eigenvalue weighted by molar-refractivity contribution is 0.100. The third-order valence-electron chi connectivity index (χ3n) is 5.72. The molecule has 2 N–H and O–H groups in total. The van der Waals surface area contributed by atoms with E-state index >= 15 is 0 Å². The number of aromatic nitrogens is 7. The number of likely N-dealkylation sites (tertiary alicyclic amines) is 1. The second-order valence-corrected chi connectivity index (χ2v) is 7.95. The SMILES string of the molecule is CN1CCC(n2cc(Cc3ncc4nnn(-c5ccc(C(N)=O)cc5)c4n3)cn2)CC1. The summed E-state index contributed by atoms with van der Waals surface area (Å²) in [4.78, 5) is 22.8. The first-order valence-electron chi connectivity index (χ1n) is 10.3. The highest BCUT2D eigenvalue weighted by atomic mass is 16.1. The van der Waals surface area contributed by atoms with Crippen LogP contribution in [0.3, 0.4) is 0 Å². The van der Waals surface area contributed by atoms with Gasteiger partial charge in [-0.05, 0) is 62.8 Å². The van der Waals surface area contributed by atoms with Crippen LogP contribution >= 0.6 is 0 Å². The minimum atomic E-state index is -0.472. The van der Waals surface area contributed by atoms with Crippen LogP contribution in [0, 0.1) is 0 Å². The van der Waals surface area contributed by atoms with Gasteiger partial charge in [-0.2, -0.15) is 9.78 Å². The zero-order chi connectivity index (χ0) is 21.4. The Bertz CT molecular complexity index is 1220. The van der Waals surface area contributed by atoms with Gasteiger partial charge in [0.2, 0.25) is 5.91 Å². The number of hydrogen-bond acceptors (Lipinski definition) is 7. The van der Waals surface area contributed by atoms with E-state index in [2.05, 4.69) is 48.2 Å². The monoisotopic (exact) mass is 417 g/mol. The van der Waals surface area contributed by atoms with Crippen molar-refractivity contribution in [2.75, 3.05) is 20.1 Å². The number of fused-ring (bicyclic) bond motifs is 1. The second kappa shape index (κ2) is 7.88.